The van der Waals surface area contributed by atoms with Crippen molar-refractivity contribution < 1.29 is 0 Å². The summed E-state index contributed by atoms with van der Waals surface area (Å²) in [6.07, 6.45) is 3.75. The van der Waals surface area contributed by atoms with Crippen LogP contribution in [-0.4, -0.2) is 14.8 Å². The molecule has 0 bridgehead atoms. The average molecular weight is 230 g/mol. The van der Waals surface area contributed by atoms with Crippen molar-refractivity contribution in [2.75, 3.05) is 0 Å². The van der Waals surface area contributed by atoms with E-state index in [1.807, 2.05) is 35.3 Å². The van der Waals surface area contributed by atoms with E-state index in [1.54, 1.807) is 0 Å². The lowest BCUT2D eigenvalue weighted by Gasteiger charge is -2.04. The lowest BCUT2D eigenvalue weighted by atomic mass is 10.2. The van der Waals surface area contributed by atoms with Gasteiger partial charge in [0, 0.05) is 37.1 Å². The molecule has 2 rings (SSSR count). The molecule has 90 valence electrons. The molecule has 0 saturated carbocycles. The molecule has 0 aliphatic heterocycles. The standard InChI is InChI=1S/C13H18N4/c1-3-17-11(2)12(9-16-17)8-14-10-13-6-4-5-7-15-13/h4-7,9,14H,3,8,10H2,1-2H3. The second-order valence-corrected chi connectivity index (χ2v) is 4.00. The van der Waals surface area contributed by atoms with Crippen LogP contribution in [0.4, 0.5) is 0 Å². The summed E-state index contributed by atoms with van der Waals surface area (Å²) in [6, 6.07) is 5.96. The Morgan fingerprint density at radius 1 is 1.29 bits per heavy atom. The zero-order chi connectivity index (χ0) is 12.1. The van der Waals surface area contributed by atoms with Gasteiger partial charge in [-0.05, 0) is 26.0 Å². The Labute approximate surface area is 102 Å². The molecule has 1 N–H and O–H groups in total. The van der Waals surface area contributed by atoms with E-state index in [9.17, 15) is 0 Å². The first kappa shape index (κ1) is 11.8. The number of aromatic nitrogens is 3. The third kappa shape index (κ3) is 2.91. The Kier molecular flexibility index (Phi) is 3.88. The van der Waals surface area contributed by atoms with Crippen molar-refractivity contribution in [1.82, 2.24) is 20.1 Å². The van der Waals surface area contributed by atoms with Gasteiger partial charge in [-0.1, -0.05) is 6.07 Å². The number of nitrogens with zero attached hydrogens (tertiary/aromatic N) is 3. The molecule has 0 aliphatic rings. The Morgan fingerprint density at radius 3 is 2.82 bits per heavy atom. The molecule has 0 aromatic carbocycles. The second-order valence-electron chi connectivity index (χ2n) is 4.00. The molecular formula is C13H18N4. The van der Waals surface area contributed by atoms with Crippen molar-refractivity contribution in [3.63, 3.8) is 0 Å². The predicted octanol–water partition coefficient (Wildman–Crippen LogP) is 1.90. The molecule has 2 aromatic rings. The van der Waals surface area contributed by atoms with Crippen LogP contribution in [-0.2, 0) is 19.6 Å². The van der Waals surface area contributed by atoms with E-state index >= 15 is 0 Å². The Hall–Kier alpha value is -1.68. The molecule has 0 unspecified atom stereocenters. The van der Waals surface area contributed by atoms with E-state index in [2.05, 4.69) is 29.2 Å². The quantitative estimate of drug-likeness (QED) is 0.853. The van der Waals surface area contributed by atoms with Crippen LogP contribution >= 0.6 is 0 Å². The molecular weight excluding hydrogens is 212 g/mol. The second kappa shape index (κ2) is 5.59. The zero-order valence-electron chi connectivity index (χ0n) is 10.3. The summed E-state index contributed by atoms with van der Waals surface area (Å²) in [4.78, 5) is 4.27. The fourth-order valence-corrected chi connectivity index (χ4v) is 1.81. The molecule has 4 nitrogen and oxygen atoms in total. The summed E-state index contributed by atoms with van der Waals surface area (Å²) in [7, 11) is 0. The molecule has 17 heavy (non-hydrogen) atoms. The minimum atomic E-state index is 0.789. The van der Waals surface area contributed by atoms with Gasteiger partial charge in [-0.2, -0.15) is 5.10 Å². The first-order valence-corrected chi connectivity index (χ1v) is 5.93. The Bertz CT molecular complexity index is 462. The molecule has 4 heteroatoms. The van der Waals surface area contributed by atoms with Crippen LogP contribution in [0.2, 0.25) is 0 Å². The van der Waals surface area contributed by atoms with E-state index in [0.717, 1.165) is 25.3 Å². The highest BCUT2D eigenvalue weighted by Gasteiger charge is 2.04. The Balaban J connectivity index is 1.88. The highest BCUT2D eigenvalue weighted by atomic mass is 15.3. The Morgan fingerprint density at radius 2 is 2.18 bits per heavy atom. The number of hydrogen-bond donors (Lipinski definition) is 1. The van der Waals surface area contributed by atoms with E-state index in [-0.39, 0.29) is 0 Å². The maximum absolute atomic E-state index is 4.32. The van der Waals surface area contributed by atoms with E-state index in [1.165, 1.54) is 11.3 Å². The van der Waals surface area contributed by atoms with Crippen molar-refractivity contribution in [1.29, 1.82) is 0 Å². The predicted molar refractivity (Wildman–Crippen MR) is 67.4 cm³/mol. The first-order valence-electron chi connectivity index (χ1n) is 5.93. The molecule has 2 heterocycles. The van der Waals surface area contributed by atoms with Gasteiger partial charge in [0.15, 0.2) is 0 Å². The SMILES string of the molecule is CCn1ncc(CNCc2ccccn2)c1C. The topological polar surface area (TPSA) is 42.7 Å². The monoisotopic (exact) mass is 230 g/mol. The number of pyridine rings is 1. The van der Waals surface area contributed by atoms with Crippen molar-refractivity contribution in [2.45, 2.75) is 33.5 Å². The van der Waals surface area contributed by atoms with Crippen LogP contribution < -0.4 is 5.32 Å². The van der Waals surface area contributed by atoms with Crippen LogP contribution in [0.15, 0.2) is 30.6 Å². The van der Waals surface area contributed by atoms with Gasteiger partial charge in [-0.3, -0.25) is 9.67 Å². The van der Waals surface area contributed by atoms with Crippen molar-refractivity contribution in [3.8, 4) is 0 Å². The summed E-state index contributed by atoms with van der Waals surface area (Å²) in [5, 5.41) is 7.70. The van der Waals surface area contributed by atoms with Crippen LogP contribution in [0.5, 0.6) is 0 Å². The summed E-state index contributed by atoms with van der Waals surface area (Å²) in [5.41, 5.74) is 3.55. The minimum absolute atomic E-state index is 0.789. The third-order valence-electron chi connectivity index (χ3n) is 2.85. The van der Waals surface area contributed by atoms with E-state index in [0.29, 0.717) is 0 Å². The van der Waals surface area contributed by atoms with Gasteiger partial charge in [-0.25, -0.2) is 0 Å². The smallest absolute Gasteiger partial charge is 0.0541 e. The number of aryl methyl sites for hydroxylation is 1. The first-order chi connectivity index (χ1) is 8.31. The summed E-state index contributed by atoms with van der Waals surface area (Å²) < 4.78 is 2.01. The lowest BCUT2D eigenvalue weighted by molar-refractivity contribution is 0.632. The van der Waals surface area contributed by atoms with Crippen LogP contribution in [0.3, 0.4) is 0 Å². The average Bonchev–Trinajstić information content (AvgIpc) is 2.72. The summed E-state index contributed by atoms with van der Waals surface area (Å²) in [6.45, 7) is 6.76. The molecule has 0 fully saturated rings. The van der Waals surface area contributed by atoms with Crippen LogP contribution in [0.25, 0.3) is 0 Å². The third-order valence-corrected chi connectivity index (χ3v) is 2.85. The van der Waals surface area contributed by atoms with Crippen molar-refractivity contribution in [2.24, 2.45) is 0 Å². The highest BCUT2D eigenvalue weighted by molar-refractivity contribution is 5.16. The molecule has 0 saturated heterocycles. The molecule has 0 aliphatic carbocycles. The fraction of sp³-hybridized carbons (Fsp3) is 0.385. The van der Waals surface area contributed by atoms with Gasteiger partial charge >= 0.3 is 0 Å². The van der Waals surface area contributed by atoms with Gasteiger partial charge < -0.3 is 5.32 Å². The normalized spacial score (nSPS) is 10.7. The van der Waals surface area contributed by atoms with Crippen molar-refractivity contribution in [3.05, 3.63) is 47.5 Å². The zero-order valence-corrected chi connectivity index (χ0v) is 10.3. The summed E-state index contributed by atoms with van der Waals surface area (Å²) >= 11 is 0. The maximum atomic E-state index is 4.32. The molecule has 0 atom stereocenters. The van der Waals surface area contributed by atoms with E-state index < -0.39 is 0 Å². The van der Waals surface area contributed by atoms with Gasteiger partial charge in [0.1, 0.15) is 0 Å². The molecule has 0 spiro atoms. The van der Waals surface area contributed by atoms with Gasteiger partial charge in [0.25, 0.3) is 0 Å². The fourth-order valence-electron chi connectivity index (χ4n) is 1.81. The van der Waals surface area contributed by atoms with Crippen LogP contribution in [0, 0.1) is 6.92 Å². The molecule has 0 radical (unpaired) electrons. The van der Waals surface area contributed by atoms with Crippen LogP contribution in [0.1, 0.15) is 23.9 Å². The minimum Gasteiger partial charge on any atom is -0.307 e. The van der Waals surface area contributed by atoms with Crippen molar-refractivity contribution >= 4 is 0 Å². The highest BCUT2D eigenvalue weighted by Crippen LogP contribution is 2.06. The number of rotatable bonds is 5. The molecule has 0 amide bonds. The van der Waals surface area contributed by atoms with Gasteiger partial charge in [-0.15, -0.1) is 0 Å². The van der Waals surface area contributed by atoms with E-state index in [4.69, 9.17) is 0 Å². The number of hydrogen-bond acceptors (Lipinski definition) is 3. The number of nitrogens with one attached hydrogen (secondary N) is 1. The maximum Gasteiger partial charge on any atom is 0.0541 e. The van der Waals surface area contributed by atoms with Gasteiger partial charge in [0.2, 0.25) is 0 Å². The van der Waals surface area contributed by atoms with Gasteiger partial charge in [0.05, 0.1) is 11.9 Å². The molecule has 2 aromatic heterocycles. The lowest BCUT2D eigenvalue weighted by Crippen LogP contribution is -2.14. The summed E-state index contributed by atoms with van der Waals surface area (Å²) in [5.74, 6) is 0. The largest absolute Gasteiger partial charge is 0.307 e.